The van der Waals surface area contributed by atoms with Crippen LogP contribution in [0.3, 0.4) is 0 Å². The highest BCUT2D eigenvalue weighted by Crippen LogP contribution is 2.11. The monoisotopic (exact) mass is 198 g/mol. The lowest BCUT2D eigenvalue weighted by molar-refractivity contribution is -0.103. The minimum Gasteiger partial charge on any atom is -0.422 e. The van der Waals surface area contributed by atoms with Crippen LogP contribution in [0.2, 0.25) is 0 Å². The zero-order chi connectivity index (χ0) is 10.7. The Morgan fingerprint density at radius 1 is 1.27 bits per heavy atom. The summed E-state index contributed by atoms with van der Waals surface area (Å²) in [6.07, 6.45) is 0.439. The molecule has 3 heteroatoms. The summed E-state index contributed by atoms with van der Waals surface area (Å²) in [7, 11) is 0. The second kappa shape index (κ2) is 3.81. The maximum atomic E-state index is 11.4. The van der Waals surface area contributed by atoms with E-state index in [1.54, 1.807) is 18.2 Å². The fourth-order valence-corrected chi connectivity index (χ4v) is 1.26. The molecule has 0 amide bonds. The smallest absolute Gasteiger partial charge is 0.352 e. The molecule has 1 aromatic heterocycles. The molecule has 0 radical (unpaired) electrons. The quantitative estimate of drug-likeness (QED) is 0.364. The van der Waals surface area contributed by atoms with Gasteiger partial charge in [0.2, 0.25) is 0 Å². The maximum Gasteiger partial charge on any atom is 0.352 e. The minimum atomic E-state index is -0.525. The van der Waals surface area contributed by atoms with Gasteiger partial charge in [-0.15, -0.1) is 0 Å². The third-order valence-electron chi connectivity index (χ3n) is 1.91. The van der Waals surface area contributed by atoms with Crippen LogP contribution in [-0.4, -0.2) is 6.29 Å². The van der Waals surface area contributed by atoms with Gasteiger partial charge >= 0.3 is 5.63 Å². The minimum absolute atomic E-state index is 0.195. The highest BCUT2D eigenvalue weighted by Gasteiger charge is 2.01. The van der Waals surface area contributed by atoms with Crippen molar-refractivity contribution < 1.29 is 9.21 Å². The number of aldehydes is 1. The number of fused-ring (bicyclic) bond motifs is 1. The van der Waals surface area contributed by atoms with Crippen molar-refractivity contribution in [3.8, 4) is 11.8 Å². The van der Waals surface area contributed by atoms with Crippen molar-refractivity contribution >= 4 is 17.3 Å². The van der Waals surface area contributed by atoms with Crippen LogP contribution < -0.4 is 5.63 Å². The van der Waals surface area contributed by atoms with Crippen LogP contribution in [0.1, 0.15) is 5.56 Å². The number of hydrogen-bond acceptors (Lipinski definition) is 3. The summed E-state index contributed by atoms with van der Waals surface area (Å²) in [5.74, 6) is 4.61. The van der Waals surface area contributed by atoms with E-state index < -0.39 is 5.63 Å². The van der Waals surface area contributed by atoms with Crippen LogP contribution >= 0.6 is 0 Å². The van der Waals surface area contributed by atoms with E-state index in [1.807, 2.05) is 12.1 Å². The van der Waals surface area contributed by atoms with Gasteiger partial charge in [0.1, 0.15) is 11.1 Å². The van der Waals surface area contributed by atoms with Crippen LogP contribution in [0.15, 0.2) is 39.5 Å². The third-order valence-corrected chi connectivity index (χ3v) is 1.91. The lowest BCUT2D eigenvalue weighted by Crippen LogP contribution is -2.03. The molecule has 0 atom stereocenters. The zero-order valence-electron chi connectivity index (χ0n) is 7.69. The first-order valence-electron chi connectivity index (χ1n) is 4.29. The average Bonchev–Trinajstić information content (AvgIpc) is 2.26. The van der Waals surface area contributed by atoms with E-state index >= 15 is 0 Å². The standard InChI is InChI=1S/C12H6O3/c13-7-3-5-10-8-9-4-1-2-6-11(9)15-12(10)14/h1-2,4,6-8H. The fraction of sp³-hybridized carbons (Fsp3) is 0. The Morgan fingerprint density at radius 2 is 2.07 bits per heavy atom. The van der Waals surface area contributed by atoms with E-state index in [0.717, 1.165) is 5.39 Å². The molecule has 0 aliphatic carbocycles. The summed E-state index contributed by atoms with van der Waals surface area (Å²) >= 11 is 0. The number of carbonyl (C=O) groups is 1. The lowest BCUT2D eigenvalue weighted by atomic mass is 10.2. The SMILES string of the molecule is O=CC#Cc1cc2ccccc2oc1=O. The number of rotatable bonds is 0. The molecule has 0 N–H and O–H groups in total. The molecule has 0 fully saturated rings. The van der Waals surface area contributed by atoms with Crippen LogP contribution in [-0.2, 0) is 4.79 Å². The number of para-hydroxylation sites is 1. The van der Waals surface area contributed by atoms with Gasteiger partial charge in [-0.25, -0.2) is 4.79 Å². The normalized spacial score (nSPS) is 9.33. The molecular weight excluding hydrogens is 192 g/mol. The van der Waals surface area contributed by atoms with Crippen molar-refractivity contribution in [3.63, 3.8) is 0 Å². The molecule has 0 spiro atoms. The molecule has 3 nitrogen and oxygen atoms in total. The second-order valence-electron chi connectivity index (χ2n) is 2.87. The zero-order valence-corrected chi connectivity index (χ0v) is 7.69. The first-order chi connectivity index (χ1) is 7.31. The van der Waals surface area contributed by atoms with E-state index in [1.165, 1.54) is 0 Å². The molecule has 1 heterocycles. The van der Waals surface area contributed by atoms with Gasteiger partial charge in [-0.2, -0.15) is 0 Å². The van der Waals surface area contributed by atoms with Gasteiger partial charge < -0.3 is 4.42 Å². The first-order valence-corrected chi connectivity index (χ1v) is 4.29. The molecule has 0 bridgehead atoms. The van der Waals surface area contributed by atoms with Crippen molar-refractivity contribution in [2.24, 2.45) is 0 Å². The van der Waals surface area contributed by atoms with E-state index in [4.69, 9.17) is 4.42 Å². The van der Waals surface area contributed by atoms with Gasteiger partial charge in [0, 0.05) is 5.39 Å². The molecule has 2 rings (SSSR count). The molecule has 2 aromatic rings. The molecule has 72 valence electrons. The average molecular weight is 198 g/mol. The summed E-state index contributed by atoms with van der Waals surface area (Å²) in [5, 5.41) is 0.785. The van der Waals surface area contributed by atoms with E-state index in [-0.39, 0.29) is 5.56 Å². The summed E-state index contributed by atoms with van der Waals surface area (Å²) in [6.45, 7) is 0. The highest BCUT2D eigenvalue weighted by molar-refractivity contribution is 5.79. The Morgan fingerprint density at radius 3 is 2.87 bits per heavy atom. The predicted molar refractivity (Wildman–Crippen MR) is 55.4 cm³/mol. The third kappa shape index (κ3) is 1.79. The van der Waals surface area contributed by atoms with Gasteiger partial charge in [-0.1, -0.05) is 24.1 Å². The Balaban J connectivity index is 2.72. The molecule has 15 heavy (non-hydrogen) atoms. The number of carbonyl (C=O) groups excluding carboxylic acids is 1. The van der Waals surface area contributed by atoms with E-state index in [2.05, 4.69) is 11.8 Å². The van der Waals surface area contributed by atoms with Gasteiger partial charge in [0.15, 0.2) is 6.29 Å². The molecule has 0 aliphatic rings. The molecule has 0 unspecified atom stereocenters. The second-order valence-corrected chi connectivity index (χ2v) is 2.87. The summed E-state index contributed by atoms with van der Waals surface area (Å²) in [4.78, 5) is 21.4. The molecule has 0 aliphatic heterocycles. The van der Waals surface area contributed by atoms with Crippen molar-refractivity contribution in [2.45, 2.75) is 0 Å². The van der Waals surface area contributed by atoms with E-state index in [9.17, 15) is 9.59 Å². The lowest BCUT2D eigenvalue weighted by Gasteiger charge is -1.95. The first kappa shape index (κ1) is 9.22. The van der Waals surface area contributed by atoms with Gasteiger partial charge in [-0.05, 0) is 18.1 Å². The van der Waals surface area contributed by atoms with Crippen LogP contribution in [0.25, 0.3) is 11.0 Å². The van der Waals surface area contributed by atoms with Crippen LogP contribution in [0.4, 0.5) is 0 Å². The van der Waals surface area contributed by atoms with Crippen molar-refractivity contribution in [1.82, 2.24) is 0 Å². The van der Waals surface area contributed by atoms with E-state index in [0.29, 0.717) is 11.9 Å². The van der Waals surface area contributed by atoms with Crippen molar-refractivity contribution in [2.75, 3.05) is 0 Å². The fourth-order valence-electron chi connectivity index (χ4n) is 1.26. The van der Waals surface area contributed by atoms with Crippen LogP contribution in [0.5, 0.6) is 0 Å². The van der Waals surface area contributed by atoms with Gasteiger partial charge in [-0.3, -0.25) is 4.79 Å². The molecule has 0 saturated carbocycles. The van der Waals surface area contributed by atoms with Crippen molar-refractivity contribution in [1.29, 1.82) is 0 Å². The summed E-state index contributed by atoms with van der Waals surface area (Å²) < 4.78 is 5.02. The number of hydrogen-bond donors (Lipinski definition) is 0. The summed E-state index contributed by atoms with van der Waals surface area (Å²) in [5.41, 5.74) is 0.183. The maximum absolute atomic E-state index is 11.4. The molecule has 1 aromatic carbocycles. The Kier molecular flexibility index (Phi) is 2.34. The highest BCUT2D eigenvalue weighted by atomic mass is 16.4. The van der Waals surface area contributed by atoms with Crippen LogP contribution in [0, 0.1) is 11.8 Å². The molecule has 0 saturated heterocycles. The predicted octanol–water partition coefficient (Wildman–Crippen LogP) is 1.34. The number of benzene rings is 1. The Hall–Kier alpha value is -2.34. The Labute approximate surface area is 85.3 Å². The van der Waals surface area contributed by atoms with Gasteiger partial charge in [0.05, 0.1) is 0 Å². The Bertz CT molecular complexity index is 626. The largest absolute Gasteiger partial charge is 0.422 e. The molecular formula is C12H6O3. The van der Waals surface area contributed by atoms with Crippen molar-refractivity contribution in [3.05, 3.63) is 46.3 Å². The topological polar surface area (TPSA) is 47.3 Å². The summed E-state index contributed by atoms with van der Waals surface area (Å²) in [6, 6.07) is 8.73. The van der Waals surface area contributed by atoms with Gasteiger partial charge in [0.25, 0.3) is 0 Å².